The molecule has 0 spiro atoms. The van der Waals surface area contributed by atoms with Crippen molar-refractivity contribution in [3.8, 4) is 0 Å². The van der Waals surface area contributed by atoms with Gasteiger partial charge in [-0.15, -0.1) is 5.10 Å². The van der Waals surface area contributed by atoms with E-state index >= 15 is 0 Å². The van der Waals surface area contributed by atoms with Crippen LogP contribution >= 0.6 is 0 Å². The van der Waals surface area contributed by atoms with Crippen LogP contribution in [0.25, 0.3) is 11.2 Å². The van der Waals surface area contributed by atoms with E-state index in [1.54, 1.807) is 12.1 Å². The molecule has 0 saturated heterocycles. The van der Waals surface area contributed by atoms with Crippen LogP contribution < -0.4 is 10.6 Å². The van der Waals surface area contributed by atoms with E-state index in [1.165, 1.54) is 12.1 Å². The second-order valence-electron chi connectivity index (χ2n) is 5.80. The SMILES string of the molecule is C[C@H](Nc1nc(Nc2ccc(F)cc2)c2n[nH]nc2n1)c1ccccc1. The van der Waals surface area contributed by atoms with E-state index in [-0.39, 0.29) is 11.9 Å². The van der Waals surface area contributed by atoms with Gasteiger partial charge in [-0.25, -0.2) is 4.39 Å². The Bertz CT molecular complexity index is 1010. The minimum atomic E-state index is -0.302. The third-order valence-corrected chi connectivity index (χ3v) is 3.94. The first kappa shape index (κ1) is 15.9. The summed E-state index contributed by atoms with van der Waals surface area (Å²) in [5.41, 5.74) is 2.75. The van der Waals surface area contributed by atoms with Gasteiger partial charge in [0.15, 0.2) is 11.3 Å². The molecule has 4 rings (SSSR count). The fourth-order valence-electron chi connectivity index (χ4n) is 2.59. The van der Waals surface area contributed by atoms with Crippen molar-refractivity contribution in [2.75, 3.05) is 10.6 Å². The van der Waals surface area contributed by atoms with Crippen LogP contribution in [0.4, 0.5) is 21.8 Å². The van der Waals surface area contributed by atoms with Crippen molar-refractivity contribution in [2.24, 2.45) is 0 Å². The van der Waals surface area contributed by atoms with Gasteiger partial charge in [0.2, 0.25) is 11.6 Å². The largest absolute Gasteiger partial charge is 0.348 e. The predicted octanol–water partition coefficient (Wildman–Crippen LogP) is 3.80. The molecule has 26 heavy (non-hydrogen) atoms. The van der Waals surface area contributed by atoms with Crippen molar-refractivity contribution in [1.82, 2.24) is 25.4 Å². The van der Waals surface area contributed by atoms with Gasteiger partial charge < -0.3 is 10.6 Å². The highest BCUT2D eigenvalue weighted by atomic mass is 19.1. The number of hydrogen-bond acceptors (Lipinski definition) is 6. The molecule has 0 aliphatic carbocycles. The van der Waals surface area contributed by atoms with Gasteiger partial charge in [0.25, 0.3) is 0 Å². The summed E-state index contributed by atoms with van der Waals surface area (Å²) in [4.78, 5) is 8.90. The van der Waals surface area contributed by atoms with E-state index in [2.05, 4.69) is 36.0 Å². The molecular formula is C18H16FN7. The maximum absolute atomic E-state index is 13.1. The summed E-state index contributed by atoms with van der Waals surface area (Å²) in [6.45, 7) is 2.03. The van der Waals surface area contributed by atoms with Crippen LogP contribution in [-0.2, 0) is 0 Å². The minimum absolute atomic E-state index is 0.0132. The first-order valence-corrected chi connectivity index (χ1v) is 8.11. The highest BCUT2D eigenvalue weighted by Crippen LogP contribution is 2.24. The van der Waals surface area contributed by atoms with Crippen LogP contribution in [0.3, 0.4) is 0 Å². The van der Waals surface area contributed by atoms with E-state index < -0.39 is 0 Å². The van der Waals surface area contributed by atoms with Gasteiger partial charge in [-0.1, -0.05) is 30.3 Å². The lowest BCUT2D eigenvalue weighted by atomic mass is 10.1. The van der Waals surface area contributed by atoms with Crippen molar-refractivity contribution in [2.45, 2.75) is 13.0 Å². The van der Waals surface area contributed by atoms with Gasteiger partial charge in [0.1, 0.15) is 5.82 Å². The number of nitrogens with one attached hydrogen (secondary N) is 3. The summed E-state index contributed by atoms with van der Waals surface area (Å²) >= 11 is 0. The standard InChI is InChI=1S/C18H16FN7/c1-11(12-5-3-2-4-6-12)20-18-22-16(15-17(23-18)25-26-24-15)21-14-9-7-13(19)8-10-14/h2-11H,1H3,(H3,20,21,22,23,24,25,26)/t11-/m0/s1. The minimum Gasteiger partial charge on any atom is -0.348 e. The van der Waals surface area contributed by atoms with Crippen molar-refractivity contribution in [1.29, 1.82) is 0 Å². The van der Waals surface area contributed by atoms with Crippen LogP contribution in [0.15, 0.2) is 54.6 Å². The molecule has 4 aromatic rings. The molecule has 0 bridgehead atoms. The molecule has 7 nitrogen and oxygen atoms in total. The second kappa shape index (κ2) is 6.75. The Morgan fingerprint density at radius 3 is 2.50 bits per heavy atom. The van der Waals surface area contributed by atoms with E-state index in [4.69, 9.17) is 0 Å². The van der Waals surface area contributed by atoms with Crippen molar-refractivity contribution >= 4 is 28.6 Å². The summed E-state index contributed by atoms with van der Waals surface area (Å²) in [6, 6.07) is 16.0. The number of rotatable bonds is 5. The number of H-pyrrole nitrogens is 1. The number of aromatic nitrogens is 5. The zero-order valence-corrected chi connectivity index (χ0v) is 13.9. The first-order valence-electron chi connectivity index (χ1n) is 8.11. The molecule has 2 heterocycles. The Kier molecular flexibility index (Phi) is 4.14. The van der Waals surface area contributed by atoms with Crippen LogP contribution in [0.1, 0.15) is 18.5 Å². The number of benzene rings is 2. The highest BCUT2D eigenvalue weighted by molar-refractivity contribution is 5.85. The molecular weight excluding hydrogens is 333 g/mol. The smallest absolute Gasteiger partial charge is 0.227 e. The lowest BCUT2D eigenvalue weighted by Gasteiger charge is -2.15. The van der Waals surface area contributed by atoms with Gasteiger partial charge >= 0.3 is 0 Å². The quantitative estimate of drug-likeness (QED) is 0.507. The third-order valence-electron chi connectivity index (χ3n) is 3.94. The molecule has 0 amide bonds. The Labute approximate surface area is 148 Å². The molecule has 2 aromatic heterocycles. The highest BCUT2D eigenvalue weighted by Gasteiger charge is 2.14. The zero-order chi connectivity index (χ0) is 17.9. The predicted molar refractivity (Wildman–Crippen MR) is 97.6 cm³/mol. The maximum Gasteiger partial charge on any atom is 0.227 e. The number of nitrogens with zero attached hydrogens (tertiary/aromatic N) is 4. The summed E-state index contributed by atoms with van der Waals surface area (Å²) in [5.74, 6) is 0.606. The average Bonchev–Trinajstić information content (AvgIpc) is 3.13. The van der Waals surface area contributed by atoms with Gasteiger partial charge in [-0.2, -0.15) is 20.3 Å². The molecule has 2 aromatic carbocycles. The Morgan fingerprint density at radius 1 is 0.962 bits per heavy atom. The summed E-state index contributed by atoms with van der Waals surface area (Å²) in [5, 5.41) is 17.1. The van der Waals surface area contributed by atoms with E-state index in [9.17, 15) is 4.39 Å². The molecule has 0 unspecified atom stereocenters. The van der Waals surface area contributed by atoms with Gasteiger partial charge in [0.05, 0.1) is 6.04 Å². The van der Waals surface area contributed by atoms with Crippen LogP contribution in [0.5, 0.6) is 0 Å². The first-order chi connectivity index (χ1) is 12.7. The number of aromatic amines is 1. The summed E-state index contributed by atoms with van der Waals surface area (Å²) in [7, 11) is 0. The van der Waals surface area contributed by atoms with Gasteiger partial charge in [-0.3, -0.25) is 0 Å². The molecule has 1 atom stereocenters. The van der Waals surface area contributed by atoms with Crippen LogP contribution in [-0.4, -0.2) is 25.4 Å². The van der Waals surface area contributed by atoms with E-state index in [0.29, 0.717) is 28.6 Å². The van der Waals surface area contributed by atoms with Crippen molar-refractivity contribution in [3.05, 3.63) is 66.0 Å². The Hall–Kier alpha value is -3.55. The van der Waals surface area contributed by atoms with Crippen LogP contribution in [0, 0.1) is 5.82 Å². The van der Waals surface area contributed by atoms with Gasteiger partial charge in [-0.05, 0) is 36.8 Å². The fraction of sp³-hybridized carbons (Fsp3) is 0.111. The second-order valence-corrected chi connectivity index (χ2v) is 5.80. The molecule has 0 aliphatic heterocycles. The molecule has 0 fully saturated rings. The Balaban J connectivity index is 1.65. The normalized spacial score (nSPS) is 12.1. The monoisotopic (exact) mass is 349 g/mol. The molecule has 3 N–H and O–H groups in total. The average molecular weight is 349 g/mol. The lowest BCUT2D eigenvalue weighted by molar-refractivity contribution is 0.628. The number of fused-ring (bicyclic) bond motifs is 1. The lowest BCUT2D eigenvalue weighted by Crippen LogP contribution is -2.10. The molecule has 0 radical (unpaired) electrons. The Morgan fingerprint density at radius 2 is 1.73 bits per heavy atom. The topological polar surface area (TPSA) is 91.4 Å². The zero-order valence-electron chi connectivity index (χ0n) is 13.9. The third kappa shape index (κ3) is 3.30. The maximum atomic E-state index is 13.1. The van der Waals surface area contributed by atoms with Crippen molar-refractivity contribution < 1.29 is 4.39 Å². The number of halogens is 1. The molecule has 0 aliphatic rings. The molecule has 8 heteroatoms. The van der Waals surface area contributed by atoms with E-state index in [1.807, 2.05) is 37.3 Å². The molecule has 0 saturated carbocycles. The van der Waals surface area contributed by atoms with Crippen LogP contribution in [0.2, 0.25) is 0 Å². The van der Waals surface area contributed by atoms with Crippen molar-refractivity contribution in [3.63, 3.8) is 0 Å². The van der Waals surface area contributed by atoms with E-state index in [0.717, 1.165) is 5.56 Å². The summed E-state index contributed by atoms with van der Waals surface area (Å²) in [6.07, 6.45) is 0. The number of hydrogen-bond donors (Lipinski definition) is 3. The number of anilines is 3. The summed E-state index contributed by atoms with van der Waals surface area (Å²) < 4.78 is 13.1. The van der Waals surface area contributed by atoms with Gasteiger partial charge in [0, 0.05) is 5.69 Å². The molecule has 130 valence electrons. The fourth-order valence-corrected chi connectivity index (χ4v) is 2.59.